The van der Waals surface area contributed by atoms with Gasteiger partial charge in [0.25, 0.3) is 0 Å². The van der Waals surface area contributed by atoms with E-state index in [2.05, 4.69) is 22.1 Å². The van der Waals surface area contributed by atoms with Gasteiger partial charge < -0.3 is 15.8 Å². The summed E-state index contributed by atoms with van der Waals surface area (Å²) in [6, 6.07) is 3.90. The molecule has 2 aliphatic rings. The van der Waals surface area contributed by atoms with Gasteiger partial charge in [0.05, 0.1) is 0 Å². The van der Waals surface area contributed by atoms with Gasteiger partial charge in [-0.05, 0) is 55.7 Å². The summed E-state index contributed by atoms with van der Waals surface area (Å²) in [5.41, 5.74) is 7.30. The second kappa shape index (κ2) is 6.02. The third-order valence-electron chi connectivity index (χ3n) is 5.11. The zero-order valence-electron chi connectivity index (χ0n) is 12.6. The minimum Gasteiger partial charge on any atom is -0.409 e. The molecule has 1 aromatic heterocycles. The summed E-state index contributed by atoms with van der Waals surface area (Å²) in [7, 11) is 2.15. The monoisotopic (exact) mass is 288 g/mol. The molecule has 1 heterocycles. The van der Waals surface area contributed by atoms with Crippen molar-refractivity contribution < 1.29 is 5.21 Å². The van der Waals surface area contributed by atoms with Crippen molar-refractivity contribution in [1.29, 1.82) is 0 Å². The zero-order valence-corrected chi connectivity index (χ0v) is 12.6. The van der Waals surface area contributed by atoms with Gasteiger partial charge in [-0.2, -0.15) is 0 Å². The van der Waals surface area contributed by atoms with Gasteiger partial charge in [0.1, 0.15) is 5.69 Å². The molecule has 0 spiro atoms. The Morgan fingerprint density at radius 2 is 2.33 bits per heavy atom. The topological polar surface area (TPSA) is 74.7 Å². The van der Waals surface area contributed by atoms with E-state index < -0.39 is 0 Å². The van der Waals surface area contributed by atoms with E-state index >= 15 is 0 Å². The molecule has 5 nitrogen and oxygen atoms in total. The van der Waals surface area contributed by atoms with Gasteiger partial charge >= 0.3 is 0 Å². The molecule has 21 heavy (non-hydrogen) atoms. The molecule has 0 aromatic carbocycles. The minimum absolute atomic E-state index is 0.0823. The number of pyridine rings is 1. The molecule has 114 valence electrons. The number of nitrogens with two attached hydrogens (primary N) is 1. The van der Waals surface area contributed by atoms with E-state index in [0.29, 0.717) is 5.69 Å². The third kappa shape index (κ3) is 3.02. The van der Waals surface area contributed by atoms with Crippen molar-refractivity contribution >= 4 is 5.84 Å². The van der Waals surface area contributed by atoms with E-state index in [-0.39, 0.29) is 5.84 Å². The number of nitrogens with zero attached hydrogens (tertiary/aromatic N) is 3. The van der Waals surface area contributed by atoms with Crippen LogP contribution in [0.1, 0.15) is 36.9 Å². The summed E-state index contributed by atoms with van der Waals surface area (Å²) in [5, 5.41) is 11.9. The summed E-state index contributed by atoms with van der Waals surface area (Å²) in [4.78, 5) is 6.57. The van der Waals surface area contributed by atoms with Crippen molar-refractivity contribution in [2.24, 2.45) is 28.6 Å². The van der Waals surface area contributed by atoms with E-state index in [1.165, 1.54) is 25.7 Å². The van der Waals surface area contributed by atoms with Crippen LogP contribution in [0, 0.1) is 17.8 Å². The third-order valence-corrected chi connectivity index (χ3v) is 5.11. The number of oxime groups is 1. The van der Waals surface area contributed by atoms with Crippen LogP contribution in [-0.4, -0.2) is 34.5 Å². The van der Waals surface area contributed by atoms with Crippen LogP contribution in [0.25, 0.3) is 0 Å². The van der Waals surface area contributed by atoms with E-state index in [9.17, 15) is 0 Å². The normalized spacial score (nSPS) is 28.5. The standard InChI is InChI=1S/C16H24N4O/c1-20(10-14-8-11-4-5-12(14)7-11)9-13-3-2-6-18-15(13)16(17)19-21/h2-3,6,11-12,14,21H,4-5,7-10H2,1H3,(H2,17,19). The maximum absolute atomic E-state index is 8.86. The molecule has 0 amide bonds. The smallest absolute Gasteiger partial charge is 0.189 e. The number of aromatic nitrogens is 1. The van der Waals surface area contributed by atoms with Crippen LogP contribution in [-0.2, 0) is 6.54 Å². The number of fused-ring (bicyclic) bond motifs is 2. The average molecular weight is 288 g/mol. The van der Waals surface area contributed by atoms with Gasteiger partial charge in [0.2, 0.25) is 0 Å². The average Bonchev–Trinajstić information content (AvgIpc) is 3.09. The number of hydrogen-bond donors (Lipinski definition) is 2. The van der Waals surface area contributed by atoms with Crippen LogP contribution in [0.5, 0.6) is 0 Å². The fourth-order valence-electron chi connectivity index (χ4n) is 4.20. The Balaban J connectivity index is 1.64. The predicted molar refractivity (Wildman–Crippen MR) is 82.0 cm³/mol. The van der Waals surface area contributed by atoms with Crippen molar-refractivity contribution in [2.45, 2.75) is 32.2 Å². The Bertz CT molecular complexity index is 531. The molecule has 2 fully saturated rings. The molecule has 5 heteroatoms. The highest BCUT2D eigenvalue weighted by Gasteiger charge is 2.39. The minimum atomic E-state index is 0.0823. The molecule has 2 aliphatic carbocycles. The summed E-state index contributed by atoms with van der Waals surface area (Å²) >= 11 is 0. The highest BCUT2D eigenvalue weighted by Crippen LogP contribution is 2.48. The van der Waals surface area contributed by atoms with Crippen molar-refractivity contribution in [3.8, 4) is 0 Å². The SMILES string of the molecule is CN(Cc1cccnc1C(N)=NO)CC1CC2CCC1C2. The van der Waals surface area contributed by atoms with Crippen molar-refractivity contribution in [2.75, 3.05) is 13.6 Å². The summed E-state index contributed by atoms with van der Waals surface area (Å²) in [5.74, 6) is 2.85. The first kappa shape index (κ1) is 14.3. The quantitative estimate of drug-likeness (QED) is 0.376. The molecule has 3 unspecified atom stereocenters. The first-order chi connectivity index (χ1) is 10.2. The molecule has 3 rings (SSSR count). The zero-order chi connectivity index (χ0) is 14.8. The van der Waals surface area contributed by atoms with Gasteiger partial charge in [-0.1, -0.05) is 17.6 Å². The van der Waals surface area contributed by atoms with Gasteiger partial charge in [0, 0.05) is 19.3 Å². The van der Waals surface area contributed by atoms with Gasteiger partial charge in [-0.15, -0.1) is 0 Å². The molecule has 1 aromatic rings. The summed E-state index contributed by atoms with van der Waals surface area (Å²) < 4.78 is 0. The van der Waals surface area contributed by atoms with Crippen LogP contribution in [0.4, 0.5) is 0 Å². The van der Waals surface area contributed by atoms with Crippen molar-refractivity contribution in [3.63, 3.8) is 0 Å². The summed E-state index contributed by atoms with van der Waals surface area (Å²) in [6.07, 6.45) is 7.38. The molecule has 2 bridgehead atoms. The van der Waals surface area contributed by atoms with Gasteiger partial charge in [-0.25, -0.2) is 0 Å². The maximum atomic E-state index is 8.86. The van der Waals surface area contributed by atoms with Crippen molar-refractivity contribution in [1.82, 2.24) is 9.88 Å². The van der Waals surface area contributed by atoms with E-state index in [1.54, 1.807) is 6.20 Å². The number of hydrogen-bond acceptors (Lipinski definition) is 4. The largest absolute Gasteiger partial charge is 0.409 e. The highest BCUT2D eigenvalue weighted by atomic mass is 16.4. The van der Waals surface area contributed by atoms with E-state index in [4.69, 9.17) is 10.9 Å². The fraction of sp³-hybridized carbons (Fsp3) is 0.625. The van der Waals surface area contributed by atoms with E-state index in [0.717, 1.165) is 36.4 Å². The molecule has 2 saturated carbocycles. The first-order valence-corrected chi connectivity index (χ1v) is 7.77. The number of rotatable bonds is 5. The van der Waals surface area contributed by atoms with Crippen molar-refractivity contribution in [3.05, 3.63) is 29.6 Å². The highest BCUT2D eigenvalue weighted by molar-refractivity contribution is 5.96. The molecule has 0 aliphatic heterocycles. The molecule has 0 saturated heterocycles. The second-order valence-electron chi connectivity index (χ2n) is 6.63. The van der Waals surface area contributed by atoms with Crippen LogP contribution in [0.3, 0.4) is 0 Å². The lowest BCUT2D eigenvalue weighted by atomic mass is 9.88. The van der Waals surface area contributed by atoms with Crippen LogP contribution in [0.15, 0.2) is 23.5 Å². The first-order valence-electron chi connectivity index (χ1n) is 7.77. The van der Waals surface area contributed by atoms with Gasteiger partial charge in [0.15, 0.2) is 5.84 Å². The fourth-order valence-corrected chi connectivity index (χ4v) is 4.20. The maximum Gasteiger partial charge on any atom is 0.189 e. The van der Waals surface area contributed by atoms with Crippen LogP contribution < -0.4 is 5.73 Å². The Kier molecular flexibility index (Phi) is 4.10. The summed E-state index contributed by atoms with van der Waals surface area (Å²) in [6.45, 7) is 1.92. The molecular weight excluding hydrogens is 264 g/mol. The number of amidine groups is 1. The Labute approximate surface area is 125 Å². The van der Waals surface area contributed by atoms with Crippen LogP contribution in [0.2, 0.25) is 0 Å². The molecule has 3 N–H and O–H groups in total. The lowest BCUT2D eigenvalue weighted by Gasteiger charge is -2.27. The molecule has 3 atom stereocenters. The second-order valence-corrected chi connectivity index (χ2v) is 6.63. The Morgan fingerprint density at radius 3 is 3.00 bits per heavy atom. The van der Waals surface area contributed by atoms with Gasteiger partial charge in [-0.3, -0.25) is 4.98 Å². The van der Waals surface area contributed by atoms with E-state index in [1.807, 2.05) is 12.1 Å². The molecular formula is C16H24N4O. The van der Waals surface area contributed by atoms with Crippen LogP contribution >= 0.6 is 0 Å². The predicted octanol–water partition coefficient (Wildman–Crippen LogP) is 2.04. The Morgan fingerprint density at radius 1 is 1.48 bits per heavy atom. The Hall–Kier alpha value is -1.62. The molecule has 0 radical (unpaired) electrons. The lowest BCUT2D eigenvalue weighted by molar-refractivity contribution is 0.214. The lowest BCUT2D eigenvalue weighted by Crippen LogP contribution is -2.29.